The Hall–Kier alpha value is -1.13. The predicted molar refractivity (Wildman–Crippen MR) is 84.7 cm³/mol. The van der Waals surface area contributed by atoms with Crippen molar-refractivity contribution in [1.29, 1.82) is 0 Å². The van der Waals surface area contributed by atoms with Gasteiger partial charge >= 0.3 is 0 Å². The van der Waals surface area contributed by atoms with Crippen molar-refractivity contribution in [1.82, 2.24) is 0 Å². The molecule has 18 heavy (non-hydrogen) atoms. The van der Waals surface area contributed by atoms with Crippen LogP contribution in [-0.2, 0) is 0 Å². The Morgan fingerprint density at radius 3 is 2.44 bits per heavy atom. The van der Waals surface area contributed by atoms with E-state index in [0.29, 0.717) is 0 Å². The van der Waals surface area contributed by atoms with Crippen LogP contribution in [0.15, 0.2) is 50.3 Å². The number of aliphatic imine (C=N–C) groups is 1. The molecule has 92 valence electrons. The smallest absolute Gasteiger partial charge is 0.0659 e. The number of rotatable bonds is 2. The Morgan fingerprint density at radius 1 is 1.06 bits per heavy atom. The van der Waals surface area contributed by atoms with Crippen molar-refractivity contribution in [2.24, 2.45) is 4.99 Å². The highest BCUT2D eigenvalue weighted by molar-refractivity contribution is 9.10. The fourth-order valence-electron chi connectivity index (χ4n) is 1.56. The molecule has 0 radical (unpaired) electrons. The lowest BCUT2D eigenvalue weighted by molar-refractivity contribution is 1.39. The molecule has 2 nitrogen and oxygen atoms in total. The Bertz CT molecular complexity index is 607. The molecule has 0 saturated heterocycles. The normalized spacial score (nSPS) is 11.1. The molecule has 0 aliphatic heterocycles. The van der Waals surface area contributed by atoms with Gasteiger partial charge in [-0.15, -0.1) is 0 Å². The third-order valence-corrected chi connectivity index (χ3v) is 3.54. The van der Waals surface area contributed by atoms with Crippen molar-refractivity contribution in [2.45, 2.75) is 6.92 Å². The van der Waals surface area contributed by atoms with Gasteiger partial charge in [-0.25, -0.2) is 0 Å². The molecule has 2 rings (SSSR count). The fourth-order valence-corrected chi connectivity index (χ4v) is 2.41. The van der Waals surface area contributed by atoms with E-state index >= 15 is 0 Å². The minimum Gasteiger partial charge on any atom is -0.398 e. The second-order valence-corrected chi connectivity index (χ2v) is 5.79. The average molecular weight is 368 g/mol. The number of nitrogens with zero attached hydrogens (tertiary/aromatic N) is 1. The monoisotopic (exact) mass is 366 g/mol. The fraction of sp³-hybridized carbons (Fsp3) is 0.0714. The minimum absolute atomic E-state index is 0.719. The molecule has 0 saturated carbocycles. The standard InChI is InChI=1S/C14H12Br2N2/c1-9-6-11(15)3-5-14(9)18-8-10-7-12(16)2-4-13(10)17/h2-8H,17H2,1H3. The SMILES string of the molecule is Cc1cc(Br)ccc1N=Cc1cc(Br)ccc1N. The third-order valence-electron chi connectivity index (χ3n) is 2.55. The second-order valence-electron chi connectivity index (χ2n) is 3.96. The van der Waals surface area contributed by atoms with Crippen LogP contribution in [0.2, 0.25) is 0 Å². The molecule has 0 amide bonds. The molecule has 4 heteroatoms. The van der Waals surface area contributed by atoms with Crippen molar-refractivity contribution < 1.29 is 0 Å². The molecule has 0 fully saturated rings. The Kier molecular flexibility index (Phi) is 4.19. The van der Waals surface area contributed by atoms with Crippen molar-refractivity contribution >= 4 is 49.4 Å². The van der Waals surface area contributed by atoms with Crippen molar-refractivity contribution in [3.8, 4) is 0 Å². The summed E-state index contributed by atoms with van der Waals surface area (Å²) in [6, 6.07) is 11.7. The van der Waals surface area contributed by atoms with E-state index in [1.165, 1.54) is 0 Å². The van der Waals surface area contributed by atoms with E-state index in [1.807, 2.05) is 43.3 Å². The molecule has 0 heterocycles. The maximum Gasteiger partial charge on any atom is 0.0659 e. The van der Waals surface area contributed by atoms with Crippen LogP contribution in [0, 0.1) is 6.92 Å². The number of aryl methyl sites for hydroxylation is 1. The van der Waals surface area contributed by atoms with Gasteiger partial charge in [0.15, 0.2) is 0 Å². The quantitative estimate of drug-likeness (QED) is 0.597. The molecular weight excluding hydrogens is 356 g/mol. The molecule has 2 aromatic rings. The van der Waals surface area contributed by atoms with Crippen molar-refractivity contribution in [3.63, 3.8) is 0 Å². The van der Waals surface area contributed by atoms with E-state index < -0.39 is 0 Å². The number of hydrogen-bond donors (Lipinski definition) is 1. The summed E-state index contributed by atoms with van der Waals surface area (Å²) < 4.78 is 2.05. The van der Waals surface area contributed by atoms with Crippen LogP contribution in [0.25, 0.3) is 0 Å². The van der Waals surface area contributed by atoms with Crippen LogP contribution in [0.5, 0.6) is 0 Å². The van der Waals surface area contributed by atoms with Gasteiger partial charge in [0.25, 0.3) is 0 Å². The molecule has 0 unspecified atom stereocenters. The van der Waals surface area contributed by atoms with Gasteiger partial charge in [-0.1, -0.05) is 31.9 Å². The third kappa shape index (κ3) is 3.21. The lowest BCUT2D eigenvalue weighted by Crippen LogP contribution is -1.92. The Morgan fingerprint density at radius 2 is 1.72 bits per heavy atom. The number of hydrogen-bond acceptors (Lipinski definition) is 2. The van der Waals surface area contributed by atoms with Crippen LogP contribution in [0.4, 0.5) is 11.4 Å². The predicted octanol–water partition coefficient (Wildman–Crippen LogP) is 4.85. The number of anilines is 1. The van der Waals surface area contributed by atoms with E-state index in [2.05, 4.69) is 36.9 Å². The summed E-state index contributed by atoms with van der Waals surface area (Å²) in [5.74, 6) is 0. The first kappa shape index (κ1) is 13.3. The van der Waals surface area contributed by atoms with Gasteiger partial charge in [0.05, 0.1) is 5.69 Å². The van der Waals surface area contributed by atoms with E-state index in [4.69, 9.17) is 5.73 Å². The van der Waals surface area contributed by atoms with Gasteiger partial charge < -0.3 is 5.73 Å². The summed E-state index contributed by atoms with van der Waals surface area (Å²) in [5, 5.41) is 0. The molecular formula is C14H12Br2N2. The first-order chi connectivity index (χ1) is 8.56. The zero-order chi connectivity index (χ0) is 13.1. The molecule has 0 spiro atoms. The molecule has 2 N–H and O–H groups in total. The van der Waals surface area contributed by atoms with Gasteiger partial charge in [-0.05, 0) is 48.9 Å². The zero-order valence-corrected chi connectivity index (χ0v) is 13.0. The molecule has 2 aromatic carbocycles. The summed E-state index contributed by atoms with van der Waals surface area (Å²) in [4.78, 5) is 4.47. The van der Waals surface area contributed by atoms with Crippen LogP contribution in [0.1, 0.15) is 11.1 Å². The second kappa shape index (κ2) is 5.67. The lowest BCUT2D eigenvalue weighted by atomic mass is 10.2. The molecule has 0 aliphatic carbocycles. The minimum atomic E-state index is 0.719. The van der Waals surface area contributed by atoms with E-state index in [1.54, 1.807) is 6.21 Å². The van der Waals surface area contributed by atoms with Gasteiger partial charge in [-0.3, -0.25) is 4.99 Å². The molecule has 0 aliphatic rings. The highest BCUT2D eigenvalue weighted by atomic mass is 79.9. The Balaban J connectivity index is 2.32. The topological polar surface area (TPSA) is 38.4 Å². The van der Waals surface area contributed by atoms with Crippen LogP contribution < -0.4 is 5.73 Å². The van der Waals surface area contributed by atoms with E-state index in [9.17, 15) is 0 Å². The Labute approximate surface area is 123 Å². The van der Waals surface area contributed by atoms with E-state index in [-0.39, 0.29) is 0 Å². The summed E-state index contributed by atoms with van der Waals surface area (Å²) in [7, 11) is 0. The number of benzene rings is 2. The highest BCUT2D eigenvalue weighted by Crippen LogP contribution is 2.23. The zero-order valence-electron chi connectivity index (χ0n) is 9.82. The van der Waals surface area contributed by atoms with Crippen molar-refractivity contribution in [2.75, 3.05) is 5.73 Å². The maximum absolute atomic E-state index is 5.90. The summed E-state index contributed by atoms with van der Waals surface area (Å²) in [5.41, 5.74) is 9.59. The van der Waals surface area contributed by atoms with Gasteiger partial charge in [0.1, 0.15) is 0 Å². The largest absolute Gasteiger partial charge is 0.398 e. The van der Waals surface area contributed by atoms with Crippen LogP contribution >= 0.6 is 31.9 Å². The van der Waals surface area contributed by atoms with Crippen molar-refractivity contribution in [3.05, 3.63) is 56.5 Å². The summed E-state index contributed by atoms with van der Waals surface area (Å²) in [6.07, 6.45) is 1.79. The molecule has 0 atom stereocenters. The number of nitrogens with two attached hydrogens (primary N) is 1. The van der Waals surface area contributed by atoms with E-state index in [0.717, 1.165) is 31.4 Å². The number of halogens is 2. The summed E-state index contributed by atoms with van der Waals surface area (Å²) in [6.45, 7) is 2.03. The summed E-state index contributed by atoms with van der Waals surface area (Å²) >= 11 is 6.86. The van der Waals surface area contributed by atoms with Crippen LogP contribution in [-0.4, -0.2) is 6.21 Å². The first-order valence-electron chi connectivity index (χ1n) is 5.41. The molecule has 0 bridgehead atoms. The number of nitrogen functional groups attached to an aromatic ring is 1. The maximum atomic E-state index is 5.90. The first-order valence-corrected chi connectivity index (χ1v) is 7.00. The van der Waals surface area contributed by atoms with Gasteiger partial charge in [0.2, 0.25) is 0 Å². The highest BCUT2D eigenvalue weighted by Gasteiger charge is 1.99. The van der Waals surface area contributed by atoms with Crippen LogP contribution in [0.3, 0.4) is 0 Å². The van der Waals surface area contributed by atoms with Gasteiger partial charge in [-0.2, -0.15) is 0 Å². The average Bonchev–Trinajstić information content (AvgIpc) is 2.32. The molecule has 0 aromatic heterocycles. The lowest BCUT2D eigenvalue weighted by Gasteiger charge is -2.02. The van der Waals surface area contributed by atoms with Gasteiger partial charge in [0, 0.05) is 26.4 Å².